The number of nitrogens with zero attached hydrogens (tertiary/aromatic N) is 3. The van der Waals surface area contributed by atoms with E-state index in [-0.39, 0.29) is 23.6 Å². The summed E-state index contributed by atoms with van der Waals surface area (Å²) in [6, 6.07) is 7.05. The molecule has 1 unspecified atom stereocenters. The van der Waals surface area contributed by atoms with E-state index in [4.69, 9.17) is 13.9 Å². The molecule has 0 saturated carbocycles. The first kappa shape index (κ1) is 19.4. The van der Waals surface area contributed by atoms with Crippen molar-refractivity contribution >= 4 is 32.8 Å². The quantitative estimate of drug-likeness (QED) is 0.553. The van der Waals surface area contributed by atoms with Gasteiger partial charge in [0.15, 0.2) is 11.3 Å². The Morgan fingerprint density at radius 3 is 2.86 bits per heavy atom. The van der Waals surface area contributed by atoms with Crippen molar-refractivity contribution in [1.82, 2.24) is 14.9 Å². The lowest BCUT2D eigenvalue weighted by molar-refractivity contribution is 0.0512. The highest BCUT2D eigenvalue weighted by Gasteiger charge is 2.28. The molecule has 3 heterocycles. The molecule has 1 amide bonds. The van der Waals surface area contributed by atoms with Crippen molar-refractivity contribution in [3.63, 3.8) is 0 Å². The van der Waals surface area contributed by atoms with E-state index in [9.17, 15) is 9.59 Å². The Kier molecular flexibility index (Phi) is 5.48. The SMILES string of the molecule is COc1cccc2cc(C(=O)N3CCCC(Oc4ncc(Br)cn4)C3)c(=O)oc12. The molecule has 1 aliphatic heterocycles. The van der Waals surface area contributed by atoms with E-state index >= 15 is 0 Å². The van der Waals surface area contributed by atoms with Gasteiger partial charge in [0.2, 0.25) is 0 Å². The lowest BCUT2D eigenvalue weighted by Crippen LogP contribution is -2.45. The fraction of sp³-hybridized carbons (Fsp3) is 0.300. The van der Waals surface area contributed by atoms with Crippen LogP contribution in [0.25, 0.3) is 11.0 Å². The molecule has 0 aliphatic carbocycles. The molecule has 1 saturated heterocycles. The number of fused-ring (bicyclic) bond motifs is 1. The predicted octanol–water partition coefficient (Wildman–Crippen LogP) is 3.04. The molecule has 9 heteroatoms. The minimum Gasteiger partial charge on any atom is -0.493 e. The van der Waals surface area contributed by atoms with Crippen molar-refractivity contribution < 1.29 is 18.7 Å². The van der Waals surface area contributed by atoms with Gasteiger partial charge in [0, 0.05) is 24.3 Å². The lowest BCUT2D eigenvalue weighted by Gasteiger charge is -2.32. The number of carbonyl (C=O) groups excluding carboxylic acids is 1. The molecule has 1 atom stereocenters. The van der Waals surface area contributed by atoms with Gasteiger partial charge in [-0.05, 0) is 40.9 Å². The summed E-state index contributed by atoms with van der Waals surface area (Å²) in [5, 5.41) is 0.625. The fourth-order valence-electron chi connectivity index (χ4n) is 3.33. The van der Waals surface area contributed by atoms with Crippen LogP contribution in [-0.4, -0.2) is 47.1 Å². The van der Waals surface area contributed by atoms with Crippen LogP contribution in [-0.2, 0) is 0 Å². The van der Waals surface area contributed by atoms with Crippen LogP contribution >= 0.6 is 15.9 Å². The Hall–Kier alpha value is -2.94. The highest BCUT2D eigenvalue weighted by atomic mass is 79.9. The Balaban J connectivity index is 1.55. The van der Waals surface area contributed by atoms with Crippen LogP contribution in [0.3, 0.4) is 0 Å². The van der Waals surface area contributed by atoms with Crippen LogP contribution in [0.1, 0.15) is 23.2 Å². The normalized spacial score (nSPS) is 16.6. The molecule has 3 aromatic rings. The third-order valence-electron chi connectivity index (χ3n) is 4.71. The molecule has 1 aromatic carbocycles. The second kappa shape index (κ2) is 8.20. The molecule has 1 aliphatic rings. The van der Waals surface area contributed by atoms with Crippen molar-refractivity contribution in [2.75, 3.05) is 20.2 Å². The number of para-hydroxylation sites is 1. The van der Waals surface area contributed by atoms with E-state index in [0.29, 0.717) is 29.8 Å². The molecule has 0 spiro atoms. The van der Waals surface area contributed by atoms with Gasteiger partial charge in [-0.2, -0.15) is 0 Å². The van der Waals surface area contributed by atoms with E-state index in [1.165, 1.54) is 7.11 Å². The van der Waals surface area contributed by atoms with Crippen molar-refractivity contribution in [3.05, 3.63) is 57.1 Å². The van der Waals surface area contributed by atoms with E-state index in [1.54, 1.807) is 41.6 Å². The molecule has 0 bridgehead atoms. The molecule has 29 heavy (non-hydrogen) atoms. The summed E-state index contributed by atoms with van der Waals surface area (Å²) in [6.45, 7) is 0.878. The van der Waals surface area contributed by atoms with Gasteiger partial charge >= 0.3 is 11.6 Å². The number of carbonyl (C=O) groups is 1. The predicted molar refractivity (Wildman–Crippen MR) is 108 cm³/mol. The lowest BCUT2D eigenvalue weighted by atomic mass is 10.1. The Bertz CT molecular complexity index is 1100. The second-order valence-electron chi connectivity index (χ2n) is 6.64. The van der Waals surface area contributed by atoms with Crippen molar-refractivity contribution in [2.45, 2.75) is 18.9 Å². The monoisotopic (exact) mass is 459 g/mol. The number of ether oxygens (including phenoxy) is 2. The van der Waals surface area contributed by atoms with Crippen molar-refractivity contribution in [1.29, 1.82) is 0 Å². The van der Waals surface area contributed by atoms with E-state index in [0.717, 1.165) is 17.3 Å². The Morgan fingerprint density at radius 2 is 2.10 bits per heavy atom. The van der Waals surface area contributed by atoms with Gasteiger partial charge in [-0.1, -0.05) is 12.1 Å². The third kappa shape index (κ3) is 4.09. The first-order chi connectivity index (χ1) is 14.0. The number of hydrogen-bond donors (Lipinski definition) is 0. The van der Waals surface area contributed by atoms with Gasteiger partial charge in [-0.3, -0.25) is 4.79 Å². The minimum atomic E-state index is -0.689. The van der Waals surface area contributed by atoms with Gasteiger partial charge in [-0.15, -0.1) is 0 Å². The van der Waals surface area contributed by atoms with Crippen LogP contribution < -0.4 is 15.1 Å². The highest BCUT2D eigenvalue weighted by Crippen LogP contribution is 2.25. The molecule has 8 nitrogen and oxygen atoms in total. The molecule has 0 N–H and O–H groups in total. The van der Waals surface area contributed by atoms with Crippen molar-refractivity contribution in [3.8, 4) is 11.8 Å². The average Bonchev–Trinajstić information content (AvgIpc) is 2.74. The number of likely N-dealkylation sites (tertiary alicyclic amines) is 1. The fourth-order valence-corrected chi connectivity index (χ4v) is 3.53. The maximum atomic E-state index is 13.0. The molecule has 0 radical (unpaired) electrons. The van der Waals surface area contributed by atoms with Gasteiger partial charge in [0.05, 0.1) is 18.1 Å². The summed E-state index contributed by atoms with van der Waals surface area (Å²) in [5.41, 5.74) is -0.374. The van der Waals surface area contributed by atoms with Crippen molar-refractivity contribution in [2.24, 2.45) is 0 Å². The first-order valence-electron chi connectivity index (χ1n) is 9.09. The summed E-state index contributed by atoms with van der Waals surface area (Å²) < 4.78 is 17.2. The number of hydrogen-bond acceptors (Lipinski definition) is 7. The number of methoxy groups -OCH3 is 1. The number of aromatic nitrogens is 2. The zero-order valence-electron chi connectivity index (χ0n) is 15.6. The average molecular weight is 460 g/mol. The molecular weight excluding hydrogens is 442 g/mol. The van der Waals surface area contributed by atoms with Crippen LogP contribution in [0.15, 0.2) is 50.3 Å². The van der Waals surface area contributed by atoms with Gasteiger partial charge in [0.25, 0.3) is 5.91 Å². The number of halogens is 1. The van der Waals surface area contributed by atoms with E-state index in [1.807, 2.05) is 0 Å². The Morgan fingerprint density at radius 1 is 1.31 bits per heavy atom. The minimum absolute atomic E-state index is 0.00806. The maximum absolute atomic E-state index is 13.0. The summed E-state index contributed by atoms with van der Waals surface area (Å²) in [7, 11) is 1.50. The molecule has 2 aromatic heterocycles. The van der Waals surface area contributed by atoms with E-state index in [2.05, 4.69) is 25.9 Å². The molecular formula is C20H18BrN3O5. The van der Waals surface area contributed by atoms with Crippen LogP contribution in [0.4, 0.5) is 0 Å². The number of amides is 1. The second-order valence-corrected chi connectivity index (χ2v) is 7.56. The van der Waals surface area contributed by atoms with Crippen LogP contribution in [0.2, 0.25) is 0 Å². The van der Waals surface area contributed by atoms with Gasteiger partial charge in [-0.25, -0.2) is 14.8 Å². The zero-order chi connectivity index (χ0) is 20.4. The van der Waals surface area contributed by atoms with Gasteiger partial charge in [0.1, 0.15) is 11.7 Å². The topological polar surface area (TPSA) is 94.8 Å². The smallest absolute Gasteiger partial charge is 0.349 e. The zero-order valence-corrected chi connectivity index (χ0v) is 17.2. The number of rotatable bonds is 4. The summed E-state index contributed by atoms with van der Waals surface area (Å²) in [6.07, 6.45) is 4.47. The Labute approximate surface area is 174 Å². The van der Waals surface area contributed by atoms with Crippen LogP contribution in [0, 0.1) is 0 Å². The molecule has 4 rings (SSSR count). The number of benzene rings is 1. The van der Waals surface area contributed by atoms with Gasteiger partial charge < -0.3 is 18.8 Å². The molecule has 1 fully saturated rings. The van der Waals surface area contributed by atoms with Crippen LogP contribution in [0.5, 0.6) is 11.8 Å². The summed E-state index contributed by atoms with van der Waals surface area (Å²) in [4.78, 5) is 35.3. The standard InChI is InChI=1S/C20H18BrN3O5/c1-27-16-6-2-4-12-8-15(19(26)29-17(12)16)18(25)24-7-3-5-14(11-24)28-20-22-9-13(21)10-23-20/h2,4,6,8-10,14H,3,5,7,11H2,1H3. The number of piperidine rings is 1. The van der Waals surface area contributed by atoms with E-state index < -0.39 is 5.63 Å². The first-order valence-corrected chi connectivity index (χ1v) is 9.89. The largest absolute Gasteiger partial charge is 0.493 e. The summed E-state index contributed by atoms with van der Waals surface area (Å²) >= 11 is 3.28. The molecule has 150 valence electrons. The summed E-state index contributed by atoms with van der Waals surface area (Å²) in [5.74, 6) is 0.0630. The highest BCUT2D eigenvalue weighted by molar-refractivity contribution is 9.10. The maximum Gasteiger partial charge on any atom is 0.349 e. The third-order valence-corrected chi connectivity index (χ3v) is 5.12.